The molecule has 0 heterocycles. The molecule has 1 N–H and O–H groups in total. The molecule has 0 amide bonds. The van der Waals surface area contributed by atoms with Gasteiger partial charge in [0, 0.05) is 0 Å². The lowest BCUT2D eigenvalue weighted by molar-refractivity contribution is 0.150. The zero-order valence-corrected chi connectivity index (χ0v) is 10.8. The van der Waals surface area contributed by atoms with Crippen LogP contribution in [-0.4, -0.2) is 11.2 Å². The van der Waals surface area contributed by atoms with Gasteiger partial charge in [-0.2, -0.15) is 0 Å². The second-order valence-corrected chi connectivity index (χ2v) is 5.26. The van der Waals surface area contributed by atoms with Crippen LogP contribution in [0.1, 0.15) is 57.4 Å². The van der Waals surface area contributed by atoms with Crippen molar-refractivity contribution < 1.29 is 9.84 Å². The minimum absolute atomic E-state index is 0.279. The molecule has 0 spiro atoms. The zero-order valence-electron chi connectivity index (χ0n) is 10.8. The maximum atomic E-state index is 9.95. The van der Waals surface area contributed by atoms with Gasteiger partial charge < -0.3 is 9.84 Å². The Morgan fingerprint density at radius 2 is 1.88 bits per heavy atom. The summed E-state index contributed by atoms with van der Waals surface area (Å²) in [5.41, 5.74) is 1.15. The van der Waals surface area contributed by atoms with E-state index in [1.54, 1.807) is 0 Å². The van der Waals surface area contributed by atoms with Crippen molar-refractivity contribution in [3.05, 3.63) is 23.8 Å². The van der Waals surface area contributed by atoms with E-state index in [0.29, 0.717) is 17.8 Å². The highest BCUT2D eigenvalue weighted by Crippen LogP contribution is 2.32. The summed E-state index contributed by atoms with van der Waals surface area (Å²) >= 11 is 0. The van der Waals surface area contributed by atoms with Gasteiger partial charge in [0.2, 0.25) is 0 Å². The first-order valence-corrected chi connectivity index (χ1v) is 6.66. The molecule has 17 heavy (non-hydrogen) atoms. The molecule has 1 aliphatic rings. The number of phenols is 1. The quantitative estimate of drug-likeness (QED) is 0.848. The smallest absolute Gasteiger partial charge is 0.161 e. The van der Waals surface area contributed by atoms with Crippen LogP contribution in [-0.2, 0) is 0 Å². The molecule has 0 unspecified atom stereocenters. The van der Waals surface area contributed by atoms with Crippen molar-refractivity contribution in [1.82, 2.24) is 0 Å². The molecule has 2 nitrogen and oxygen atoms in total. The van der Waals surface area contributed by atoms with Crippen LogP contribution in [0.4, 0.5) is 0 Å². The van der Waals surface area contributed by atoms with Crippen LogP contribution in [0.5, 0.6) is 11.5 Å². The standard InChI is InChI=1S/C15H22O2/c1-11(2)12-8-9-15(14(16)10-12)17-13-6-4-3-5-7-13/h8-11,13,16H,3-7H2,1-2H3. The first-order chi connectivity index (χ1) is 8.16. The third-order valence-electron chi connectivity index (χ3n) is 3.50. The molecule has 1 fully saturated rings. The van der Waals surface area contributed by atoms with Crippen LogP contribution < -0.4 is 4.74 Å². The summed E-state index contributed by atoms with van der Waals surface area (Å²) in [5.74, 6) is 1.35. The molecule has 94 valence electrons. The molecule has 1 aromatic rings. The van der Waals surface area contributed by atoms with Gasteiger partial charge in [0.15, 0.2) is 11.5 Å². The summed E-state index contributed by atoms with van der Waals surface area (Å²) in [6.45, 7) is 4.24. The van der Waals surface area contributed by atoms with Crippen LogP contribution >= 0.6 is 0 Å². The molecule has 2 rings (SSSR count). The summed E-state index contributed by atoms with van der Waals surface area (Å²) in [5, 5.41) is 9.95. The third-order valence-corrected chi connectivity index (χ3v) is 3.50. The summed E-state index contributed by atoms with van der Waals surface area (Å²) in [7, 11) is 0. The fraction of sp³-hybridized carbons (Fsp3) is 0.600. The van der Waals surface area contributed by atoms with Crippen LogP contribution in [0.25, 0.3) is 0 Å². The number of hydrogen-bond donors (Lipinski definition) is 1. The van der Waals surface area contributed by atoms with Gasteiger partial charge in [-0.05, 0) is 49.3 Å². The van der Waals surface area contributed by atoms with Gasteiger partial charge >= 0.3 is 0 Å². The van der Waals surface area contributed by atoms with E-state index in [1.807, 2.05) is 18.2 Å². The Hall–Kier alpha value is -1.18. The van der Waals surface area contributed by atoms with Crippen molar-refractivity contribution in [2.24, 2.45) is 0 Å². The number of benzene rings is 1. The van der Waals surface area contributed by atoms with Crippen LogP contribution in [0, 0.1) is 0 Å². The average Bonchev–Trinajstić information content (AvgIpc) is 2.33. The maximum absolute atomic E-state index is 9.95. The van der Waals surface area contributed by atoms with E-state index in [-0.39, 0.29) is 5.75 Å². The van der Waals surface area contributed by atoms with E-state index < -0.39 is 0 Å². The van der Waals surface area contributed by atoms with E-state index in [9.17, 15) is 5.11 Å². The van der Waals surface area contributed by atoms with Gasteiger partial charge in [-0.3, -0.25) is 0 Å². The minimum atomic E-state index is 0.279. The van der Waals surface area contributed by atoms with E-state index >= 15 is 0 Å². The third kappa shape index (κ3) is 3.15. The van der Waals surface area contributed by atoms with Gasteiger partial charge in [-0.15, -0.1) is 0 Å². The second-order valence-electron chi connectivity index (χ2n) is 5.26. The first-order valence-electron chi connectivity index (χ1n) is 6.66. The monoisotopic (exact) mass is 234 g/mol. The predicted molar refractivity (Wildman–Crippen MR) is 69.7 cm³/mol. The predicted octanol–water partition coefficient (Wildman–Crippen LogP) is 4.23. The molecule has 0 aromatic heterocycles. The minimum Gasteiger partial charge on any atom is -0.504 e. The second kappa shape index (κ2) is 5.44. The topological polar surface area (TPSA) is 29.5 Å². The van der Waals surface area contributed by atoms with Gasteiger partial charge in [0.05, 0.1) is 6.10 Å². The number of phenolic OH excluding ortho intramolecular Hbond substituents is 1. The van der Waals surface area contributed by atoms with E-state index in [1.165, 1.54) is 19.3 Å². The Balaban J connectivity index is 2.05. The Bertz CT molecular complexity index is 365. The number of hydrogen-bond acceptors (Lipinski definition) is 2. The highest BCUT2D eigenvalue weighted by Gasteiger charge is 2.16. The number of aromatic hydroxyl groups is 1. The lowest BCUT2D eigenvalue weighted by Gasteiger charge is -2.23. The molecule has 1 saturated carbocycles. The van der Waals surface area contributed by atoms with E-state index in [4.69, 9.17) is 4.74 Å². The van der Waals surface area contributed by atoms with Crippen molar-refractivity contribution in [1.29, 1.82) is 0 Å². The highest BCUT2D eigenvalue weighted by atomic mass is 16.5. The largest absolute Gasteiger partial charge is 0.504 e. The van der Waals surface area contributed by atoms with E-state index in [2.05, 4.69) is 13.8 Å². The Morgan fingerprint density at radius 3 is 2.47 bits per heavy atom. The summed E-state index contributed by atoms with van der Waals surface area (Å²) in [6.07, 6.45) is 6.33. The van der Waals surface area contributed by atoms with Gasteiger partial charge in [0.25, 0.3) is 0 Å². The molecular weight excluding hydrogens is 212 g/mol. The molecule has 0 radical (unpaired) electrons. The molecule has 0 saturated heterocycles. The Labute approximate surface area is 104 Å². The average molecular weight is 234 g/mol. The molecule has 0 atom stereocenters. The molecule has 2 heteroatoms. The lowest BCUT2D eigenvalue weighted by atomic mass is 9.97. The van der Waals surface area contributed by atoms with Crippen molar-refractivity contribution >= 4 is 0 Å². The zero-order chi connectivity index (χ0) is 12.3. The summed E-state index contributed by atoms with van der Waals surface area (Å²) < 4.78 is 5.87. The molecular formula is C15H22O2. The lowest BCUT2D eigenvalue weighted by Crippen LogP contribution is -2.19. The number of rotatable bonds is 3. The van der Waals surface area contributed by atoms with Gasteiger partial charge in [-0.25, -0.2) is 0 Å². The molecule has 1 aromatic carbocycles. The molecule has 1 aliphatic carbocycles. The fourth-order valence-corrected chi connectivity index (χ4v) is 2.36. The number of ether oxygens (including phenoxy) is 1. The highest BCUT2D eigenvalue weighted by molar-refractivity contribution is 5.42. The first kappa shape index (κ1) is 12.3. The van der Waals surface area contributed by atoms with Gasteiger partial charge in [0.1, 0.15) is 0 Å². The SMILES string of the molecule is CC(C)c1ccc(OC2CCCCC2)c(O)c1. The van der Waals surface area contributed by atoms with Crippen molar-refractivity contribution in [3.8, 4) is 11.5 Å². The van der Waals surface area contributed by atoms with Gasteiger partial charge in [-0.1, -0.05) is 26.3 Å². The molecule has 0 aliphatic heterocycles. The summed E-state index contributed by atoms with van der Waals surface area (Å²) in [4.78, 5) is 0. The Kier molecular flexibility index (Phi) is 3.93. The normalized spacial score (nSPS) is 17.4. The Morgan fingerprint density at radius 1 is 1.18 bits per heavy atom. The van der Waals surface area contributed by atoms with E-state index in [0.717, 1.165) is 18.4 Å². The summed E-state index contributed by atoms with van der Waals surface area (Å²) in [6, 6.07) is 5.77. The van der Waals surface area contributed by atoms with Crippen molar-refractivity contribution in [2.75, 3.05) is 0 Å². The molecule has 0 bridgehead atoms. The van der Waals surface area contributed by atoms with Crippen LogP contribution in [0.15, 0.2) is 18.2 Å². The maximum Gasteiger partial charge on any atom is 0.161 e. The van der Waals surface area contributed by atoms with Crippen LogP contribution in [0.3, 0.4) is 0 Å². The van der Waals surface area contributed by atoms with Crippen molar-refractivity contribution in [2.45, 2.75) is 58.0 Å². The fourth-order valence-electron chi connectivity index (χ4n) is 2.36. The van der Waals surface area contributed by atoms with Crippen molar-refractivity contribution in [3.63, 3.8) is 0 Å². The van der Waals surface area contributed by atoms with Crippen LogP contribution in [0.2, 0.25) is 0 Å².